The zero-order valence-corrected chi connectivity index (χ0v) is 15.7. The van der Waals surface area contributed by atoms with Crippen molar-refractivity contribution in [2.45, 2.75) is 40.5 Å². The molecule has 0 bridgehead atoms. The van der Waals surface area contributed by atoms with Crippen LogP contribution in [0.2, 0.25) is 0 Å². The maximum atomic E-state index is 5.35. The van der Waals surface area contributed by atoms with E-state index in [1.807, 2.05) is 6.07 Å². The van der Waals surface area contributed by atoms with Gasteiger partial charge in [0.15, 0.2) is 0 Å². The van der Waals surface area contributed by atoms with Crippen LogP contribution < -0.4 is 10.1 Å². The number of ether oxygens (including phenoxy) is 1. The van der Waals surface area contributed by atoms with E-state index in [-0.39, 0.29) is 0 Å². The highest BCUT2D eigenvalue weighted by molar-refractivity contribution is 9.10. The number of benzene rings is 1. The van der Waals surface area contributed by atoms with Gasteiger partial charge in [0, 0.05) is 4.47 Å². The van der Waals surface area contributed by atoms with E-state index in [9.17, 15) is 0 Å². The van der Waals surface area contributed by atoms with E-state index in [4.69, 9.17) is 4.74 Å². The van der Waals surface area contributed by atoms with Gasteiger partial charge >= 0.3 is 0 Å². The van der Waals surface area contributed by atoms with Crippen molar-refractivity contribution in [2.24, 2.45) is 17.8 Å². The Kier molecular flexibility index (Phi) is 8.35. The molecule has 0 saturated heterocycles. The van der Waals surface area contributed by atoms with E-state index in [0.717, 1.165) is 31.2 Å². The van der Waals surface area contributed by atoms with Crippen molar-refractivity contribution in [3.63, 3.8) is 0 Å². The molecule has 0 spiro atoms. The summed E-state index contributed by atoms with van der Waals surface area (Å²) in [4.78, 5) is 0. The van der Waals surface area contributed by atoms with Gasteiger partial charge in [0.05, 0.1) is 7.11 Å². The molecule has 0 aliphatic carbocycles. The van der Waals surface area contributed by atoms with Crippen molar-refractivity contribution >= 4 is 15.9 Å². The fourth-order valence-corrected chi connectivity index (χ4v) is 3.04. The highest BCUT2D eigenvalue weighted by Gasteiger charge is 2.14. The molecule has 21 heavy (non-hydrogen) atoms. The number of halogens is 1. The summed E-state index contributed by atoms with van der Waals surface area (Å²) in [6, 6.07) is 6.24. The van der Waals surface area contributed by atoms with E-state index in [2.05, 4.69) is 61.1 Å². The molecule has 1 atom stereocenters. The molecular formula is C18H30BrNO. The van der Waals surface area contributed by atoms with Crippen LogP contribution in [0.25, 0.3) is 0 Å². The van der Waals surface area contributed by atoms with Gasteiger partial charge in [0.1, 0.15) is 5.75 Å². The first-order valence-corrected chi connectivity index (χ1v) is 8.74. The van der Waals surface area contributed by atoms with E-state index in [1.54, 1.807) is 7.11 Å². The first kappa shape index (κ1) is 18.5. The second-order valence-electron chi connectivity index (χ2n) is 6.71. The fourth-order valence-electron chi connectivity index (χ4n) is 2.63. The van der Waals surface area contributed by atoms with Crippen LogP contribution in [0.15, 0.2) is 22.7 Å². The largest absolute Gasteiger partial charge is 0.497 e. The Hall–Kier alpha value is -0.540. The zero-order chi connectivity index (χ0) is 15.8. The third-order valence-electron chi connectivity index (χ3n) is 3.55. The van der Waals surface area contributed by atoms with Crippen molar-refractivity contribution in [3.8, 4) is 5.75 Å². The van der Waals surface area contributed by atoms with E-state index < -0.39 is 0 Å². The summed E-state index contributed by atoms with van der Waals surface area (Å²) in [6.45, 7) is 11.3. The molecule has 1 aromatic carbocycles. The minimum atomic E-state index is 0.659. The van der Waals surface area contributed by atoms with Gasteiger partial charge in [-0.3, -0.25) is 0 Å². The monoisotopic (exact) mass is 355 g/mol. The molecule has 0 aliphatic rings. The molecule has 0 amide bonds. The summed E-state index contributed by atoms with van der Waals surface area (Å²) >= 11 is 3.67. The Morgan fingerprint density at radius 1 is 1.10 bits per heavy atom. The van der Waals surface area contributed by atoms with Crippen molar-refractivity contribution in [1.82, 2.24) is 5.32 Å². The third-order valence-corrected chi connectivity index (χ3v) is 4.33. The Balaban J connectivity index is 2.70. The Bertz CT molecular complexity index is 418. The second-order valence-corrected chi connectivity index (χ2v) is 7.56. The molecule has 1 N–H and O–H groups in total. The van der Waals surface area contributed by atoms with Crippen LogP contribution in [0.4, 0.5) is 0 Å². The minimum absolute atomic E-state index is 0.659. The Morgan fingerprint density at radius 3 is 2.38 bits per heavy atom. The summed E-state index contributed by atoms with van der Waals surface area (Å²) in [5, 5.41) is 3.61. The van der Waals surface area contributed by atoms with Crippen molar-refractivity contribution in [3.05, 3.63) is 28.2 Å². The average Bonchev–Trinajstić information content (AvgIpc) is 2.40. The number of rotatable bonds is 9. The topological polar surface area (TPSA) is 21.3 Å². The van der Waals surface area contributed by atoms with E-state index in [0.29, 0.717) is 11.8 Å². The van der Waals surface area contributed by atoms with Crippen LogP contribution in [-0.4, -0.2) is 20.2 Å². The quantitative estimate of drug-likeness (QED) is 0.679. The number of nitrogens with one attached hydrogen (secondary N) is 1. The highest BCUT2D eigenvalue weighted by atomic mass is 79.9. The zero-order valence-electron chi connectivity index (χ0n) is 14.1. The summed E-state index contributed by atoms with van der Waals surface area (Å²) in [5.74, 6) is 3.02. The summed E-state index contributed by atoms with van der Waals surface area (Å²) in [7, 11) is 1.73. The molecule has 0 saturated carbocycles. The fraction of sp³-hybridized carbons (Fsp3) is 0.667. The van der Waals surface area contributed by atoms with Gasteiger partial charge < -0.3 is 10.1 Å². The van der Waals surface area contributed by atoms with Gasteiger partial charge in [-0.25, -0.2) is 0 Å². The molecular weight excluding hydrogens is 326 g/mol. The molecule has 1 unspecified atom stereocenters. The minimum Gasteiger partial charge on any atom is -0.497 e. The number of hydrogen-bond donors (Lipinski definition) is 1. The molecule has 2 nitrogen and oxygen atoms in total. The lowest BCUT2D eigenvalue weighted by atomic mass is 9.90. The van der Waals surface area contributed by atoms with Gasteiger partial charge in [-0.1, -0.05) is 43.6 Å². The van der Waals surface area contributed by atoms with Crippen LogP contribution in [0, 0.1) is 17.8 Å². The first-order chi connectivity index (χ1) is 9.92. The normalized spacial score (nSPS) is 13.0. The third kappa shape index (κ3) is 7.32. The summed E-state index contributed by atoms with van der Waals surface area (Å²) < 4.78 is 6.53. The van der Waals surface area contributed by atoms with Crippen LogP contribution in [0.1, 0.15) is 39.7 Å². The lowest BCUT2D eigenvalue weighted by Crippen LogP contribution is -2.28. The van der Waals surface area contributed by atoms with Gasteiger partial charge in [-0.15, -0.1) is 0 Å². The first-order valence-electron chi connectivity index (χ1n) is 7.95. The van der Waals surface area contributed by atoms with Gasteiger partial charge in [0.25, 0.3) is 0 Å². The molecule has 0 fully saturated rings. The number of hydrogen-bond acceptors (Lipinski definition) is 2. The van der Waals surface area contributed by atoms with Gasteiger partial charge in [0.2, 0.25) is 0 Å². The van der Waals surface area contributed by atoms with E-state index in [1.165, 1.54) is 16.5 Å². The maximum absolute atomic E-state index is 5.35. The summed E-state index contributed by atoms with van der Waals surface area (Å²) in [5.41, 5.74) is 1.34. The summed E-state index contributed by atoms with van der Waals surface area (Å²) in [6.07, 6.45) is 2.33. The van der Waals surface area contributed by atoms with Crippen LogP contribution in [0.3, 0.4) is 0 Å². The van der Waals surface area contributed by atoms with Crippen LogP contribution in [0.5, 0.6) is 5.75 Å². The van der Waals surface area contributed by atoms with Crippen molar-refractivity contribution in [1.29, 1.82) is 0 Å². The Labute approximate surface area is 138 Å². The van der Waals surface area contributed by atoms with Gasteiger partial charge in [-0.2, -0.15) is 0 Å². The lowest BCUT2D eigenvalue weighted by Gasteiger charge is -2.21. The van der Waals surface area contributed by atoms with Gasteiger partial charge in [-0.05, 0) is 67.4 Å². The lowest BCUT2D eigenvalue weighted by molar-refractivity contribution is 0.374. The molecule has 0 aromatic heterocycles. The predicted molar refractivity (Wildman–Crippen MR) is 95.1 cm³/mol. The maximum Gasteiger partial charge on any atom is 0.119 e. The van der Waals surface area contributed by atoms with Crippen molar-refractivity contribution < 1.29 is 4.74 Å². The van der Waals surface area contributed by atoms with Crippen LogP contribution in [-0.2, 0) is 6.42 Å². The molecule has 3 heteroatoms. The smallest absolute Gasteiger partial charge is 0.119 e. The molecule has 0 aliphatic heterocycles. The predicted octanol–water partition coefficient (Wildman–Crippen LogP) is 4.91. The van der Waals surface area contributed by atoms with Crippen LogP contribution >= 0.6 is 15.9 Å². The van der Waals surface area contributed by atoms with Crippen molar-refractivity contribution in [2.75, 3.05) is 20.2 Å². The highest BCUT2D eigenvalue weighted by Crippen LogP contribution is 2.26. The molecule has 0 heterocycles. The molecule has 1 rings (SSSR count). The standard InChI is InChI=1S/C18H30BrNO/c1-13(2)8-15(12-20-11-14(3)4)9-16-10-17(21-5)6-7-18(16)19/h6-7,10,13-15,20H,8-9,11-12H2,1-5H3. The molecule has 0 radical (unpaired) electrons. The SMILES string of the molecule is COc1ccc(Br)c(CC(CNCC(C)C)CC(C)C)c1. The second kappa shape index (κ2) is 9.47. The molecule has 1 aromatic rings. The Morgan fingerprint density at radius 2 is 1.81 bits per heavy atom. The molecule has 120 valence electrons. The van der Waals surface area contributed by atoms with E-state index >= 15 is 0 Å². The average molecular weight is 356 g/mol. The number of methoxy groups -OCH3 is 1.